The van der Waals surface area contributed by atoms with Crippen LogP contribution in [0, 0.1) is 6.92 Å². The van der Waals surface area contributed by atoms with E-state index in [9.17, 15) is 0 Å². The molecule has 3 aromatic rings. The molecule has 0 fully saturated rings. The van der Waals surface area contributed by atoms with Crippen molar-refractivity contribution in [1.29, 1.82) is 0 Å². The minimum Gasteiger partial charge on any atom is -0.398 e. The van der Waals surface area contributed by atoms with Gasteiger partial charge in [-0.3, -0.25) is 10.1 Å². The Morgan fingerprint density at radius 3 is 2.79 bits per heavy atom. The molecular weight excluding hydrogens is 238 g/mol. The molecule has 0 aliphatic carbocycles. The summed E-state index contributed by atoms with van der Waals surface area (Å²) in [6.07, 6.45) is 1.72. The van der Waals surface area contributed by atoms with E-state index in [0.29, 0.717) is 11.6 Å². The Morgan fingerprint density at radius 1 is 1.16 bits per heavy atom. The van der Waals surface area contributed by atoms with E-state index in [-0.39, 0.29) is 0 Å². The summed E-state index contributed by atoms with van der Waals surface area (Å²) in [5.41, 5.74) is 9.34. The van der Waals surface area contributed by atoms with Crippen LogP contribution in [0.2, 0.25) is 0 Å². The first-order valence-corrected chi connectivity index (χ1v) is 5.94. The van der Waals surface area contributed by atoms with Gasteiger partial charge in [-0.25, -0.2) is 4.98 Å². The Hall–Kier alpha value is -2.69. The second-order valence-electron chi connectivity index (χ2n) is 4.29. The number of anilines is 1. The van der Waals surface area contributed by atoms with Crippen molar-refractivity contribution in [2.75, 3.05) is 5.73 Å². The topological polar surface area (TPSA) is 80.5 Å². The summed E-state index contributed by atoms with van der Waals surface area (Å²) in [7, 11) is 0. The minimum absolute atomic E-state index is 0.618. The second-order valence-corrected chi connectivity index (χ2v) is 4.29. The van der Waals surface area contributed by atoms with Crippen molar-refractivity contribution in [3.05, 3.63) is 48.2 Å². The molecule has 1 aromatic carbocycles. The van der Waals surface area contributed by atoms with Crippen LogP contribution in [-0.2, 0) is 0 Å². The van der Waals surface area contributed by atoms with Crippen LogP contribution in [0.5, 0.6) is 0 Å². The summed E-state index contributed by atoms with van der Waals surface area (Å²) in [5, 5.41) is 7.09. The van der Waals surface area contributed by atoms with Gasteiger partial charge in [0.25, 0.3) is 0 Å². The standard InChI is InChI=1S/C14H13N5/c1-9-5-6-10(8-11(9)15)13-17-14(19-18-13)12-4-2-3-7-16-12/h2-8H,15H2,1H3,(H,17,18,19). The smallest absolute Gasteiger partial charge is 0.181 e. The van der Waals surface area contributed by atoms with Crippen molar-refractivity contribution in [1.82, 2.24) is 20.2 Å². The van der Waals surface area contributed by atoms with Crippen LogP contribution in [-0.4, -0.2) is 20.2 Å². The lowest BCUT2D eigenvalue weighted by Gasteiger charge is -2.01. The molecule has 0 saturated carbocycles. The lowest BCUT2D eigenvalue weighted by molar-refractivity contribution is 1.09. The zero-order valence-electron chi connectivity index (χ0n) is 10.5. The maximum Gasteiger partial charge on any atom is 0.181 e. The Kier molecular flexibility index (Phi) is 2.72. The number of aryl methyl sites for hydroxylation is 1. The zero-order valence-corrected chi connectivity index (χ0v) is 10.5. The van der Waals surface area contributed by atoms with Gasteiger partial charge in [0.2, 0.25) is 0 Å². The Bertz CT molecular complexity index is 703. The van der Waals surface area contributed by atoms with Gasteiger partial charge in [0.15, 0.2) is 11.6 Å². The summed E-state index contributed by atoms with van der Waals surface area (Å²) in [4.78, 5) is 8.67. The summed E-state index contributed by atoms with van der Waals surface area (Å²) >= 11 is 0. The van der Waals surface area contributed by atoms with Crippen LogP contribution in [0.15, 0.2) is 42.6 Å². The molecule has 0 amide bonds. The van der Waals surface area contributed by atoms with Crippen LogP contribution >= 0.6 is 0 Å². The van der Waals surface area contributed by atoms with Crippen molar-refractivity contribution < 1.29 is 0 Å². The highest BCUT2D eigenvalue weighted by molar-refractivity contribution is 5.65. The number of nitrogens with zero attached hydrogens (tertiary/aromatic N) is 3. The average Bonchev–Trinajstić information content (AvgIpc) is 2.93. The van der Waals surface area contributed by atoms with Crippen LogP contribution in [0.25, 0.3) is 22.9 Å². The molecule has 5 heteroatoms. The number of aromatic amines is 1. The van der Waals surface area contributed by atoms with E-state index in [1.807, 2.05) is 43.3 Å². The first-order valence-electron chi connectivity index (χ1n) is 5.94. The Labute approximate surface area is 110 Å². The molecule has 0 aliphatic rings. The number of nitrogen functional groups attached to an aromatic ring is 1. The molecule has 0 atom stereocenters. The number of hydrogen-bond donors (Lipinski definition) is 2. The molecule has 0 aliphatic heterocycles. The second kappa shape index (κ2) is 4.53. The number of benzene rings is 1. The van der Waals surface area contributed by atoms with Crippen LogP contribution in [0.1, 0.15) is 5.56 Å². The van der Waals surface area contributed by atoms with E-state index < -0.39 is 0 Å². The molecular formula is C14H13N5. The lowest BCUT2D eigenvalue weighted by Crippen LogP contribution is -1.90. The molecule has 0 saturated heterocycles. The third-order valence-corrected chi connectivity index (χ3v) is 2.93. The van der Waals surface area contributed by atoms with Crippen molar-refractivity contribution in [3.63, 3.8) is 0 Å². The van der Waals surface area contributed by atoms with Gasteiger partial charge in [-0.1, -0.05) is 18.2 Å². The highest BCUT2D eigenvalue weighted by Gasteiger charge is 2.09. The summed E-state index contributed by atoms with van der Waals surface area (Å²) < 4.78 is 0. The number of nitrogens with two attached hydrogens (primary N) is 1. The van der Waals surface area contributed by atoms with E-state index >= 15 is 0 Å². The number of nitrogens with one attached hydrogen (secondary N) is 1. The number of rotatable bonds is 2. The van der Waals surface area contributed by atoms with Crippen molar-refractivity contribution in [3.8, 4) is 22.9 Å². The highest BCUT2D eigenvalue weighted by Crippen LogP contribution is 2.22. The van der Waals surface area contributed by atoms with Gasteiger partial charge >= 0.3 is 0 Å². The van der Waals surface area contributed by atoms with Gasteiger partial charge in [0.1, 0.15) is 5.69 Å². The van der Waals surface area contributed by atoms with Crippen LogP contribution in [0.4, 0.5) is 5.69 Å². The lowest BCUT2D eigenvalue weighted by atomic mass is 10.1. The zero-order chi connectivity index (χ0) is 13.2. The Morgan fingerprint density at radius 2 is 2.05 bits per heavy atom. The SMILES string of the molecule is Cc1ccc(-c2n[nH]c(-c3ccccn3)n2)cc1N. The maximum atomic E-state index is 5.90. The molecule has 0 spiro atoms. The van der Waals surface area contributed by atoms with Crippen LogP contribution < -0.4 is 5.73 Å². The largest absolute Gasteiger partial charge is 0.398 e. The highest BCUT2D eigenvalue weighted by atomic mass is 15.2. The molecule has 2 aromatic heterocycles. The Balaban J connectivity index is 1.99. The molecule has 5 nitrogen and oxygen atoms in total. The first-order chi connectivity index (χ1) is 9.24. The van der Waals surface area contributed by atoms with Gasteiger partial charge in [0, 0.05) is 17.4 Å². The van der Waals surface area contributed by atoms with Gasteiger partial charge in [-0.2, -0.15) is 5.10 Å². The summed E-state index contributed by atoms with van der Waals surface area (Å²) in [6.45, 7) is 1.97. The third kappa shape index (κ3) is 2.18. The van der Waals surface area contributed by atoms with Crippen molar-refractivity contribution in [2.24, 2.45) is 0 Å². The summed E-state index contributed by atoms with van der Waals surface area (Å²) in [5.74, 6) is 1.27. The van der Waals surface area contributed by atoms with E-state index in [4.69, 9.17) is 5.73 Å². The van der Waals surface area contributed by atoms with E-state index in [1.165, 1.54) is 0 Å². The quantitative estimate of drug-likeness (QED) is 0.685. The van der Waals surface area contributed by atoms with Gasteiger partial charge in [-0.05, 0) is 30.7 Å². The van der Waals surface area contributed by atoms with Crippen LogP contribution in [0.3, 0.4) is 0 Å². The fourth-order valence-electron chi connectivity index (χ4n) is 1.79. The molecule has 19 heavy (non-hydrogen) atoms. The maximum absolute atomic E-state index is 5.90. The van der Waals surface area contributed by atoms with E-state index in [0.717, 1.165) is 22.5 Å². The fraction of sp³-hybridized carbons (Fsp3) is 0.0714. The summed E-state index contributed by atoms with van der Waals surface area (Å²) in [6, 6.07) is 11.4. The molecule has 0 radical (unpaired) electrons. The van der Waals surface area contributed by atoms with Crippen molar-refractivity contribution >= 4 is 5.69 Å². The predicted molar refractivity (Wildman–Crippen MR) is 74.2 cm³/mol. The number of pyridine rings is 1. The first kappa shape index (κ1) is 11.4. The monoisotopic (exact) mass is 251 g/mol. The molecule has 3 N–H and O–H groups in total. The molecule has 2 heterocycles. The molecule has 3 rings (SSSR count). The normalized spacial score (nSPS) is 10.6. The average molecular weight is 251 g/mol. The number of aromatic nitrogens is 4. The number of hydrogen-bond acceptors (Lipinski definition) is 4. The molecule has 94 valence electrons. The van der Waals surface area contributed by atoms with E-state index in [2.05, 4.69) is 20.2 Å². The van der Waals surface area contributed by atoms with Crippen molar-refractivity contribution in [2.45, 2.75) is 6.92 Å². The molecule has 0 bridgehead atoms. The third-order valence-electron chi connectivity index (χ3n) is 2.93. The van der Waals surface area contributed by atoms with Gasteiger partial charge < -0.3 is 5.73 Å². The molecule has 0 unspecified atom stereocenters. The van der Waals surface area contributed by atoms with E-state index in [1.54, 1.807) is 6.20 Å². The predicted octanol–water partition coefficient (Wildman–Crippen LogP) is 2.42. The number of H-pyrrole nitrogens is 1. The fourth-order valence-corrected chi connectivity index (χ4v) is 1.79. The van der Waals surface area contributed by atoms with Gasteiger partial charge in [0.05, 0.1) is 0 Å². The van der Waals surface area contributed by atoms with Gasteiger partial charge in [-0.15, -0.1) is 0 Å². The minimum atomic E-state index is 0.618.